The van der Waals surface area contributed by atoms with Crippen molar-refractivity contribution in [1.29, 1.82) is 0 Å². The first kappa shape index (κ1) is 17.0. The highest BCUT2D eigenvalue weighted by atomic mass is 16.6. The van der Waals surface area contributed by atoms with E-state index < -0.39 is 17.9 Å². The number of likely N-dealkylation sites (tertiary alicyclic amines) is 1. The predicted octanol–water partition coefficient (Wildman–Crippen LogP) is 1.85. The van der Waals surface area contributed by atoms with Crippen LogP contribution in [0.25, 0.3) is 0 Å². The Morgan fingerprint density at radius 1 is 1.00 bits per heavy atom. The second-order valence-electron chi connectivity index (χ2n) is 5.32. The van der Waals surface area contributed by atoms with E-state index in [2.05, 4.69) is 4.90 Å². The molecule has 0 saturated carbocycles. The van der Waals surface area contributed by atoms with Crippen LogP contribution < -0.4 is 0 Å². The maximum Gasteiger partial charge on any atom is 0.320 e. The van der Waals surface area contributed by atoms with Crippen molar-refractivity contribution in [3.05, 3.63) is 0 Å². The van der Waals surface area contributed by atoms with E-state index in [4.69, 9.17) is 9.47 Å². The molecule has 5 nitrogen and oxygen atoms in total. The standard InChI is InChI=1S/C15H27NO4/c1-4-19-14(17)13(15(18)20-5-2)12(3)11-16-9-7-6-8-10-16/h12-13H,4-11H2,1-3H3. The third-order valence-corrected chi connectivity index (χ3v) is 3.64. The van der Waals surface area contributed by atoms with E-state index in [1.165, 1.54) is 19.3 Å². The summed E-state index contributed by atoms with van der Waals surface area (Å²) in [6.45, 7) is 8.81. The highest BCUT2D eigenvalue weighted by molar-refractivity contribution is 5.95. The SMILES string of the molecule is CCOC(=O)C(C(=O)OCC)C(C)CN1CCCCC1. The Bertz CT molecular complexity index is 295. The molecule has 1 rings (SSSR count). The van der Waals surface area contributed by atoms with Gasteiger partial charge in [-0.3, -0.25) is 9.59 Å². The lowest BCUT2D eigenvalue weighted by Crippen LogP contribution is -2.41. The summed E-state index contributed by atoms with van der Waals surface area (Å²) in [5, 5.41) is 0. The molecule has 0 aromatic carbocycles. The third kappa shape index (κ3) is 5.12. The summed E-state index contributed by atoms with van der Waals surface area (Å²) in [5.41, 5.74) is 0. The Labute approximate surface area is 121 Å². The molecule has 116 valence electrons. The summed E-state index contributed by atoms with van der Waals surface area (Å²) in [6.07, 6.45) is 3.65. The van der Waals surface area contributed by atoms with Gasteiger partial charge in [-0.25, -0.2) is 0 Å². The quantitative estimate of drug-likeness (QED) is 0.528. The second-order valence-corrected chi connectivity index (χ2v) is 5.32. The fourth-order valence-corrected chi connectivity index (χ4v) is 2.68. The molecule has 1 fully saturated rings. The van der Waals surface area contributed by atoms with Crippen molar-refractivity contribution in [2.45, 2.75) is 40.0 Å². The van der Waals surface area contributed by atoms with E-state index in [0.717, 1.165) is 19.6 Å². The lowest BCUT2D eigenvalue weighted by atomic mass is 9.92. The van der Waals surface area contributed by atoms with Gasteiger partial charge in [-0.2, -0.15) is 0 Å². The maximum absolute atomic E-state index is 12.0. The third-order valence-electron chi connectivity index (χ3n) is 3.64. The Morgan fingerprint density at radius 3 is 1.95 bits per heavy atom. The van der Waals surface area contributed by atoms with Crippen molar-refractivity contribution in [2.24, 2.45) is 11.8 Å². The average molecular weight is 285 g/mol. The van der Waals surface area contributed by atoms with Crippen molar-refractivity contribution >= 4 is 11.9 Å². The van der Waals surface area contributed by atoms with Gasteiger partial charge >= 0.3 is 11.9 Å². The van der Waals surface area contributed by atoms with Crippen molar-refractivity contribution in [3.63, 3.8) is 0 Å². The Morgan fingerprint density at radius 2 is 1.50 bits per heavy atom. The summed E-state index contributed by atoms with van der Waals surface area (Å²) in [4.78, 5) is 26.3. The second kappa shape index (κ2) is 8.95. The highest BCUT2D eigenvalue weighted by Gasteiger charge is 2.35. The highest BCUT2D eigenvalue weighted by Crippen LogP contribution is 2.19. The van der Waals surface area contributed by atoms with Crippen molar-refractivity contribution in [3.8, 4) is 0 Å². The van der Waals surface area contributed by atoms with E-state index in [0.29, 0.717) is 0 Å². The minimum atomic E-state index is -0.808. The molecule has 0 aromatic rings. The summed E-state index contributed by atoms with van der Waals surface area (Å²) >= 11 is 0. The molecule has 0 amide bonds. The minimum absolute atomic E-state index is 0.0915. The predicted molar refractivity (Wildman–Crippen MR) is 76.2 cm³/mol. The number of hydrogen-bond donors (Lipinski definition) is 0. The molecule has 0 spiro atoms. The van der Waals surface area contributed by atoms with Crippen LogP contribution in [0.3, 0.4) is 0 Å². The van der Waals surface area contributed by atoms with E-state index in [1.54, 1.807) is 13.8 Å². The summed E-state index contributed by atoms with van der Waals surface area (Å²) in [7, 11) is 0. The zero-order chi connectivity index (χ0) is 15.0. The van der Waals surface area contributed by atoms with Crippen LogP contribution in [-0.4, -0.2) is 49.7 Å². The van der Waals surface area contributed by atoms with Crippen molar-refractivity contribution in [2.75, 3.05) is 32.8 Å². The van der Waals surface area contributed by atoms with Gasteiger partial charge in [0.15, 0.2) is 5.92 Å². The molecule has 1 saturated heterocycles. The number of carbonyl (C=O) groups is 2. The number of hydrogen-bond acceptors (Lipinski definition) is 5. The Kier molecular flexibility index (Phi) is 7.59. The van der Waals surface area contributed by atoms with Gasteiger partial charge < -0.3 is 14.4 Å². The monoisotopic (exact) mass is 285 g/mol. The molecule has 0 aromatic heterocycles. The summed E-state index contributed by atoms with van der Waals surface area (Å²) in [6, 6.07) is 0. The molecule has 0 aliphatic carbocycles. The Hall–Kier alpha value is -1.10. The summed E-state index contributed by atoms with van der Waals surface area (Å²) in [5.74, 6) is -1.83. The van der Waals surface area contributed by atoms with Crippen molar-refractivity contribution in [1.82, 2.24) is 4.90 Å². The molecule has 1 unspecified atom stereocenters. The van der Waals surface area contributed by atoms with Gasteiger partial charge in [-0.05, 0) is 45.7 Å². The number of carbonyl (C=O) groups excluding carboxylic acids is 2. The van der Waals surface area contributed by atoms with Crippen LogP contribution in [0.4, 0.5) is 0 Å². The first-order valence-corrected chi connectivity index (χ1v) is 7.65. The normalized spacial score (nSPS) is 17.8. The molecular formula is C15H27NO4. The number of piperidine rings is 1. The first-order chi connectivity index (χ1) is 9.60. The minimum Gasteiger partial charge on any atom is -0.465 e. The van der Waals surface area contributed by atoms with Crippen LogP contribution in [0.2, 0.25) is 0 Å². The van der Waals surface area contributed by atoms with Crippen LogP contribution in [0.15, 0.2) is 0 Å². The van der Waals surface area contributed by atoms with Gasteiger partial charge in [0.2, 0.25) is 0 Å². The van der Waals surface area contributed by atoms with Gasteiger partial charge in [-0.15, -0.1) is 0 Å². The van der Waals surface area contributed by atoms with E-state index >= 15 is 0 Å². The molecule has 0 radical (unpaired) electrons. The van der Waals surface area contributed by atoms with E-state index in [-0.39, 0.29) is 19.1 Å². The fourth-order valence-electron chi connectivity index (χ4n) is 2.68. The molecular weight excluding hydrogens is 258 g/mol. The van der Waals surface area contributed by atoms with Gasteiger partial charge in [0.25, 0.3) is 0 Å². The molecule has 0 bridgehead atoms. The first-order valence-electron chi connectivity index (χ1n) is 7.65. The maximum atomic E-state index is 12.0. The average Bonchev–Trinajstić information content (AvgIpc) is 2.40. The van der Waals surface area contributed by atoms with Gasteiger partial charge in [0.05, 0.1) is 13.2 Å². The molecule has 5 heteroatoms. The van der Waals surface area contributed by atoms with Crippen LogP contribution in [-0.2, 0) is 19.1 Å². The Balaban J connectivity index is 2.64. The van der Waals surface area contributed by atoms with Crippen LogP contribution in [0.5, 0.6) is 0 Å². The smallest absolute Gasteiger partial charge is 0.320 e. The number of ether oxygens (including phenoxy) is 2. The van der Waals surface area contributed by atoms with Gasteiger partial charge in [-0.1, -0.05) is 13.3 Å². The van der Waals surface area contributed by atoms with Gasteiger partial charge in [0.1, 0.15) is 0 Å². The van der Waals surface area contributed by atoms with E-state index in [1.807, 2.05) is 6.92 Å². The fraction of sp³-hybridized carbons (Fsp3) is 0.867. The molecule has 1 atom stereocenters. The topological polar surface area (TPSA) is 55.8 Å². The van der Waals surface area contributed by atoms with Crippen LogP contribution in [0, 0.1) is 11.8 Å². The molecule has 1 aliphatic rings. The molecule has 20 heavy (non-hydrogen) atoms. The summed E-state index contributed by atoms with van der Waals surface area (Å²) < 4.78 is 10.0. The lowest BCUT2D eigenvalue weighted by Gasteiger charge is -2.31. The van der Waals surface area contributed by atoms with Crippen molar-refractivity contribution < 1.29 is 19.1 Å². The zero-order valence-electron chi connectivity index (χ0n) is 12.9. The van der Waals surface area contributed by atoms with Crippen LogP contribution in [0.1, 0.15) is 40.0 Å². The largest absolute Gasteiger partial charge is 0.465 e. The van der Waals surface area contributed by atoms with Crippen LogP contribution >= 0.6 is 0 Å². The molecule has 0 N–H and O–H groups in total. The molecule has 1 heterocycles. The number of esters is 2. The zero-order valence-corrected chi connectivity index (χ0v) is 12.9. The molecule has 1 aliphatic heterocycles. The van der Waals surface area contributed by atoms with Gasteiger partial charge in [0, 0.05) is 6.54 Å². The number of rotatable bonds is 7. The number of nitrogens with zero attached hydrogens (tertiary/aromatic N) is 1. The van der Waals surface area contributed by atoms with E-state index in [9.17, 15) is 9.59 Å². The lowest BCUT2D eigenvalue weighted by molar-refractivity contribution is -0.164.